The minimum atomic E-state index is 0.308. The lowest BCUT2D eigenvalue weighted by molar-refractivity contribution is -0.136. The van der Waals surface area contributed by atoms with Crippen molar-refractivity contribution < 1.29 is 4.79 Å². The summed E-state index contributed by atoms with van der Waals surface area (Å²) in [6.45, 7) is 3.94. The van der Waals surface area contributed by atoms with E-state index in [1.165, 1.54) is 24.0 Å². The topological polar surface area (TPSA) is 20.3 Å². The molecule has 1 amide bonds. The molecule has 1 heterocycles. The fourth-order valence-corrected chi connectivity index (χ4v) is 3.46. The Morgan fingerprint density at radius 2 is 1.94 bits per heavy atom. The van der Waals surface area contributed by atoms with E-state index >= 15 is 0 Å². The Labute approximate surface area is 109 Å². The second-order valence-corrected chi connectivity index (χ2v) is 5.80. The SMILES string of the molecule is CC1CN(C(=O)C2CCCC2)Cc2ccccc21. The lowest BCUT2D eigenvalue weighted by atomic mass is 9.90. The van der Waals surface area contributed by atoms with Crippen molar-refractivity contribution in [2.24, 2.45) is 5.92 Å². The van der Waals surface area contributed by atoms with E-state index in [1.54, 1.807) is 0 Å². The average molecular weight is 243 g/mol. The zero-order valence-corrected chi connectivity index (χ0v) is 11.1. The predicted molar refractivity (Wildman–Crippen MR) is 72.2 cm³/mol. The number of hydrogen-bond donors (Lipinski definition) is 0. The summed E-state index contributed by atoms with van der Waals surface area (Å²) in [7, 11) is 0. The van der Waals surface area contributed by atoms with E-state index in [2.05, 4.69) is 36.1 Å². The molecule has 3 rings (SSSR count). The molecule has 1 unspecified atom stereocenters. The summed E-state index contributed by atoms with van der Waals surface area (Å²) in [6, 6.07) is 8.55. The van der Waals surface area contributed by atoms with Crippen molar-refractivity contribution in [3.8, 4) is 0 Å². The number of hydrogen-bond acceptors (Lipinski definition) is 1. The van der Waals surface area contributed by atoms with Gasteiger partial charge in [-0.2, -0.15) is 0 Å². The molecule has 0 spiro atoms. The zero-order valence-electron chi connectivity index (χ0n) is 11.1. The number of amides is 1. The molecule has 18 heavy (non-hydrogen) atoms. The molecule has 1 atom stereocenters. The predicted octanol–water partition coefficient (Wildman–Crippen LogP) is 3.32. The third kappa shape index (κ3) is 2.05. The van der Waals surface area contributed by atoms with Gasteiger partial charge in [0.15, 0.2) is 0 Å². The molecule has 0 saturated heterocycles. The maximum absolute atomic E-state index is 12.5. The van der Waals surface area contributed by atoms with Gasteiger partial charge >= 0.3 is 0 Å². The molecular weight excluding hydrogens is 222 g/mol. The van der Waals surface area contributed by atoms with Gasteiger partial charge in [-0.3, -0.25) is 4.79 Å². The lowest BCUT2D eigenvalue weighted by Gasteiger charge is -2.34. The van der Waals surface area contributed by atoms with Gasteiger partial charge in [0.05, 0.1) is 0 Å². The first-order valence-electron chi connectivity index (χ1n) is 7.12. The van der Waals surface area contributed by atoms with Crippen LogP contribution in [0.15, 0.2) is 24.3 Å². The molecule has 1 fully saturated rings. The van der Waals surface area contributed by atoms with Gasteiger partial charge < -0.3 is 4.90 Å². The second kappa shape index (κ2) is 4.75. The van der Waals surface area contributed by atoms with E-state index in [0.29, 0.717) is 17.7 Å². The second-order valence-electron chi connectivity index (χ2n) is 5.80. The van der Waals surface area contributed by atoms with Gasteiger partial charge in [-0.25, -0.2) is 0 Å². The van der Waals surface area contributed by atoms with Gasteiger partial charge in [0.2, 0.25) is 5.91 Å². The van der Waals surface area contributed by atoms with Crippen molar-refractivity contribution in [3.05, 3.63) is 35.4 Å². The molecule has 96 valence electrons. The summed E-state index contributed by atoms with van der Waals surface area (Å²) in [5, 5.41) is 0. The molecule has 1 saturated carbocycles. The molecule has 2 aliphatic rings. The molecule has 1 aliphatic carbocycles. The van der Waals surface area contributed by atoms with Crippen LogP contribution in [0, 0.1) is 5.92 Å². The number of nitrogens with zero attached hydrogens (tertiary/aromatic N) is 1. The van der Waals surface area contributed by atoms with Gasteiger partial charge in [0.25, 0.3) is 0 Å². The summed E-state index contributed by atoms with van der Waals surface area (Å²) in [5.41, 5.74) is 2.76. The molecule has 2 heteroatoms. The Balaban J connectivity index is 1.79. The van der Waals surface area contributed by atoms with Gasteiger partial charge in [0.1, 0.15) is 0 Å². The van der Waals surface area contributed by atoms with Crippen LogP contribution in [0.4, 0.5) is 0 Å². The molecule has 2 nitrogen and oxygen atoms in total. The van der Waals surface area contributed by atoms with Crippen LogP contribution in [-0.2, 0) is 11.3 Å². The maximum Gasteiger partial charge on any atom is 0.225 e. The number of carbonyl (C=O) groups excluding carboxylic acids is 1. The van der Waals surface area contributed by atoms with Gasteiger partial charge in [-0.1, -0.05) is 44.0 Å². The van der Waals surface area contributed by atoms with Crippen LogP contribution in [0.2, 0.25) is 0 Å². The zero-order chi connectivity index (χ0) is 12.5. The molecule has 1 aromatic rings. The Morgan fingerprint density at radius 1 is 1.22 bits per heavy atom. The highest BCUT2D eigenvalue weighted by molar-refractivity contribution is 5.79. The molecule has 0 aromatic heterocycles. The summed E-state index contributed by atoms with van der Waals surface area (Å²) in [6.07, 6.45) is 4.67. The van der Waals surface area contributed by atoms with Crippen molar-refractivity contribution in [3.63, 3.8) is 0 Å². The quantitative estimate of drug-likeness (QED) is 0.741. The highest BCUT2D eigenvalue weighted by Crippen LogP contribution is 2.32. The van der Waals surface area contributed by atoms with E-state index in [9.17, 15) is 4.79 Å². The van der Waals surface area contributed by atoms with Crippen molar-refractivity contribution >= 4 is 5.91 Å². The van der Waals surface area contributed by atoms with E-state index in [-0.39, 0.29) is 0 Å². The number of fused-ring (bicyclic) bond motifs is 1. The largest absolute Gasteiger partial charge is 0.338 e. The van der Waals surface area contributed by atoms with Crippen LogP contribution in [0.25, 0.3) is 0 Å². The van der Waals surface area contributed by atoms with E-state index in [0.717, 1.165) is 25.9 Å². The van der Waals surface area contributed by atoms with Gasteiger partial charge in [-0.15, -0.1) is 0 Å². The van der Waals surface area contributed by atoms with Crippen LogP contribution >= 0.6 is 0 Å². The summed E-state index contributed by atoms with van der Waals surface area (Å²) in [4.78, 5) is 14.6. The van der Waals surface area contributed by atoms with Crippen molar-refractivity contribution in [1.29, 1.82) is 0 Å². The molecule has 0 N–H and O–H groups in total. The normalized spacial score (nSPS) is 24.1. The summed E-state index contributed by atoms with van der Waals surface area (Å²) in [5.74, 6) is 1.18. The van der Waals surface area contributed by atoms with Crippen LogP contribution in [-0.4, -0.2) is 17.4 Å². The standard InChI is InChI=1S/C16H21NO/c1-12-10-17(16(18)13-6-2-3-7-13)11-14-8-4-5-9-15(12)14/h4-5,8-9,12-13H,2-3,6-7,10-11H2,1H3. The van der Waals surface area contributed by atoms with Crippen molar-refractivity contribution in [2.75, 3.05) is 6.54 Å². The van der Waals surface area contributed by atoms with E-state index in [4.69, 9.17) is 0 Å². The van der Waals surface area contributed by atoms with E-state index < -0.39 is 0 Å². The summed E-state index contributed by atoms with van der Waals surface area (Å²) < 4.78 is 0. The first kappa shape index (κ1) is 11.8. The minimum absolute atomic E-state index is 0.308. The number of benzene rings is 1. The number of carbonyl (C=O) groups is 1. The monoisotopic (exact) mass is 243 g/mol. The molecular formula is C16H21NO. The first-order valence-corrected chi connectivity index (χ1v) is 7.12. The Hall–Kier alpha value is -1.31. The van der Waals surface area contributed by atoms with Crippen LogP contribution in [0.3, 0.4) is 0 Å². The van der Waals surface area contributed by atoms with Gasteiger partial charge in [0, 0.05) is 19.0 Å². The molecule has 0 bridgehead atoms. The number of rotatable bonds is 1. The van der Waals surface area contributed by atoms with Crippen molar-refractivity contribution in [2.45, 2.75) is 45.1 Å². The molecule has 0 radical (unpaired) electrons. The Kier molecular flexibility index (Phi) is 3.11. The van der Waals surface area contributed by atoms with Crippen LogP contribution < -0.4 is 0 Å². The molecule has 1 aromatic carbocycles. The third-order valence-electron chi connectivity index (χ3n) is 4.46. The highest BCUT2D eigenvalue weighted by Gasteiger charge is 2.31. The minimum Gasteiger partial charge on any atom is -0.338 e. The fraction of sp³-hybridized carbons (Fsp3) is 0.562. The van der Waals surface area contributed by atoms with E-state index in [1.807, 2.05) is 0 Å². The van der Waals surface area contributed by atoms with Crippen LogP contribution in [0.5, 0.6) is 0 Å². The average Bonchev–Trinajstić information content (AvgIpc) is 2.91. The smallest absolute Gasteiger partial charge is 0.225 e. The van der Waals surface area contributed by atoms with Crippen LogP contribution in [0.1, 0.15) is 49.7 Å². The summed E-state index contributed by atoms with van der Waals surface area (Å²) >= 11 is 0. The fourth-order valence-electron chi connectivity index (χ4n) is 3.46. The Morgan fingerprint density at radius 3 is 2.72 bits per heavy atom. The first-order chi connectivity index (χ1) is 8.75. The maximum atomic E-state index is 12.5. The van der Waals surface area contributed by atoms with Gasteiger partial charge in [-0.05, 0) is 29.9 Å². The van der Waals surface area contributed by atoms with Crippen molar-refractivity contribution in [1.82, 2.24) is 4.90 Å². The molecule has 1 aliphatic heterocycles. The third-order valence-corrected chi connectivity index (χ3v) is 4.46. The Bertz CT molecular complexity index is 448. The lowest BCUT2D eigenvalue weighted by Crippen LogP contribution is -2.40. The highest BCUT2D eigenvalue weighted by atomic mass is 16.2.